The molecule has 2 rings (SSSR count). The molecule has 18 heavy (non-hydrogen) atoms. The van der Waals surface area contributed by atoms with Gasteiger partial charge in [0.1, 0.15) is 18.5 Å². The lowest BCUT2D eigenvalue weighted by Gasteiger charge is -2.05. The number of esters is 1. The number of aromatic nitrogens is 4. The number of hydrogen-bond acceptors (Lipinski definition) is 6. The number of carbonyl (C=O) groups excluding carboxylic acids is 1. The molecule has 7 heteroatoms. The van der Waals surface area contributed by atoms with Crippen LogP contribution in [0.15, 0.2) is 24.8 Å². The first-order valence-corrected chi connectivity index (χ1v) is 5.33. The van der Waals surface area contributed by atoms with Crippen LogP contribution in [-0.4, -0.2) is 32.1 Å². The predicted octanol–water partition coefficient (Wildman–Crippen LogP) is 0.528. The number of nitrogens with zero attached hydrogens (tertiary/aromatic N) is 4. The number of ether oxygens (including phenoxy) is 1. The lowest BCUT2D eigenvalue weighted by atomic mass is 10.4. The summed E-state index contributed by atoms with van der Waals surface area (Å²) in [4.78, 5) is 23.2. The molecule has 2 aromatic heterocycles. The Morgan fingerprint density at radius 1 is 1.50 bits per heavy atom. The van der Waals surface area contributed by atoms with Gasteiger partial charge >= 0.3 is 5.97 Å². The molecular formula is C11H13N5O2. The van der Waals surface area contributed by atoms with Crippen LogP contribution in [0, 0.1) is 0 Å². The lowest BCUT2D eigenvalue weighted by molar-refractivity contribution is -0.139. The van der Waals surface area contributed by atoms with Gasteiger partial charge in [0.05, 0.1) is 12.9 Å². The van der Waals surface area contributed by atoms with Crippen molar-refractivity contribution in [2.24, 2.45) is 0 Å². The van der Waals surface area contributed by atoms with Crippen molar-refractivity contribution in [1.82, 2.24) is 19.5 Å². The fourth-order valence-corrected chi connectivity index (χ4v) is 1.42. The molecule has 2 N–H and O–H groups in total. The largest absolute Gasteiger partial charge is 0.460 e. The summed E-state index contributed by atoms with van der Waals surface area (Å²) in [6.45, 7) is 5.78. The van der Waals surface area contributed by atoms with Gasteiger partial charge in [-0.2, -0.15) is 0 Å². The van der Waals surface area contributed by atoms with Crippen LogP contribution in [-0.2, 0) is 16.1 Å². The second kappa shape index (κ2) is 4.82. The van der Waals surface area contributed by atoms with E-state index in [4.69, 9.17) is 10.5 Å². The van der Waals surface area contributed by atoms with Crippen molar-refractivity contribution >= 4 is 23.0 Å². The van der Waals surface area contributed by atoms with E-state index in [1.807, 2.05) is 0 Å². The van der Waals surface area contributed by atoms with Gasteiger partial charge in [0.15, 0.2) is 11.5 Å². The molecule has 0 aliphatic heterocycles. The molecule has 0 aliphatic rings. The van der Waals surface area contributed by atoms with Crippen molar-refractivity contribution in [3.8, 4) is 0 Å². The zero-order valence-electron chi connectivity index (χ0n) is 9.96. The number of anilines is 1. The van der Waals surface area contributed by atoms with E-state index in [0.29, 0.717) is 29.1 Å². The van der Waals surface area contributed by atoms with E-state index in [2.05, 4.69) is 21.5 Å². The molecular weight excluding hydrogens is 234 g/mol. The first-order chi connectivity index (χ1) is 8.59. The van der Waals surface area contributed by atoms with Crippen LogP contribution < -0.4 is 5.73 Å². The van der Waals surface area contributed by atoms with Gasteiger partial charge in [0, 0.05) is 5.57 Å². The molecule has 0 bridgehead atoms. The van der Waals surface area contributed by atoms with E-state index in [-0.39, 0.29) is 6.61 Å². The Labute approximate surface area is 103 Å². The number of carbonyl (C=O) groups is 1. The topological polar surface area (TPSA) is 95.9 Å². The van der Waals surface area contributed by atoms with Crippen molar-refractivity contribution in [3.63, 3.8) is 0 Å². The number of nitrogen functional groups attached to an aromatic ring is 1. The van der Waals surface area contributed by atoms with Crippen LogP contribution in [0.4, 0.5) is 5.82 Å². The maximum atomic E-state index is 11.2. The van der Waals surface area contributed by atoms with Crippen molar-refractivity contribution in [2.75, 3.05) is 12.3 Å². The zero-order chi connectivity index (χ0) is 13.1. The van der Waals surface area contributed by atoms with Crippen molar-refractivity contribution in [1.29, 1.82) is 0 Å². The fourth-order valence-electron chi connectivity index (χ4n) is 1.42. The molecule has 94 valence electrons. The minimum Gasteiger partial charge on any atom is -0.460 e. The van der Waals surface area contributed by atoms with E-state index in [9.17, 15) is 4.79 Å². The molecule has 0 saturated carbocycles. The SMILES string of the molecule is C=C(C)C(=O)OCCn1cnc2c(N)ncnc21. The lowest BCUT2D eigenvalue weighted by Crippen LogP contribution is -2.11. The average molecular weight is 247 g/mol. The quantitative estimate of drug-likeness (QED) is 0.625. The Morgan fingerprint density at radius 3 is 3.00 bits per heavy atom. The average Bonchev–Trinajstić information content (AvgIpc) is 2.74. The van der Waals surface area contributed by atoms with Gasteiger partial charge in [-0.25, -0.2) is 19.7 Å². The molecule has 0 aromatic carbocycles. The molecule has 2 heterocycles. The molecule has 0 amide bonds. The van der Waals surface area contributed by atoms with Gasteiger partial charge in [-0.1, -0.05) is 6.58 Å². The maximum Gasteiger partial charge on any atom is 0.333 e. The van der Waals surface area contributed by atoms with Crippen LogP contribution >= 0.6 is 0 Å². The molecule has 2 aromatic rings. The van der Waals surface area contributed by atoms with E-state index < -0.39 is 5.97 Å². The second-order valence-corrected chi connectivity index (χ2v) is 3.79. The summed E-state index contributed by atoms with van der Waals surface area (Å²) in [5.41, 5.74) is 7.20. The predicted molar refractivity (Wildman–Crippen MR) is 65.5 cm³/mol. The maximum absolute atomic E-state index is 11.2. The first-order valence-electron chi connectivity index (χ1n) is 5.33. The second-order valence-electron chi connectivity index (χ2n) is 3.79. The minimum atomic E-state index is -0.409. The van der Waals surface area contributed by atoms with Gasteiger partial charge in [-0.3, -0.25) is 0 Å². The third kappa shape index (κ3) is 2.29. The molecule has 0 atom stereocenters. The van der Waals surface area contributed by atoms with Gasteiger partial charge in [-0.05, 0) is 6.92 Å². The highest BCUT2D eigenvalue weighted by Gasteiger charge is 2.08. The Morgan fingerprint density at radius 2 is 2.28 bits per heavy atom. The van der Waals surface area contributed by atoms with Crippen LogP contribution in [0.2, 0.25) is 0 Å². The highest BCUT2D eigenvalue weighted by Crippen LogP contribution is 2.13. The summed E-state index contributed by atoms with van der Waals surface area (Å²) in [6, 6.07) is 0. The van der Waals surface area contributed by atoms with Crippen LogP contribution in [0.3, 0.4) is 0 Å². The molecule has 0 spiro atoms. The Bertz CT molecular complexity index is 604. The monoisotopic (exact) mass is 247 g/mol. The minimum absolute atomic E-state index is 0.223. The Balaban J connectivity index is 2.07. The van der Waals surface area contributed by atoms with E-state index in [1.165, 1.54) is 6.33 Å². The Kier molecular flexibility index (Phi) is 3.22. The van der Waals surface area contributed by atoms with Crippen LogP contribution in [0.1, 0.15) is 6.92 Å². The zero-order valence-corrected chi connectivity index (χ0v) is 9.96. The molecule has 0 saturated heterocycles. The fraction of sp³-hybridized carbons (Fsp3) is 0.273. The van der Waals surface area contributed by atoms with Gasteiger partial charge < -0.3 is 15.0 Å². The normalized spacial score (nSPS) is 10.5. The highest BCUT2D eigenvalue weighted by atomic mass is 16.5. The molecule has 7 nitrogen and oxygen atoms in total. The molecule has 0 radical (unpaired) electrons. The number of nitrogens with two attached hydrogens (primary N) is 1. The number of fused-ring (bicyclic) bond motifs is 1. The van der Waals surface area contributed by atoms with E-state index in [1.54, 1.807) is 17.8 Å². The Hall–Kier alpha value is -2.44. The van der Waals surface area contributed by atoms with Gasteiger partial charge in [0.25, 0.3) is 0 Å². The summed E-state index contributed by atoms with van der Waals surface area (Å²) in [5.74, 6) is -0.0776. The number of rotatable bonds is 4. The van der Waals surface area contributed by atoms with Gasteiger partial charge in [-0.15, -0.1) is 0 Å². The van der Waals surface area contributed by atoms with Gasteiger partial charge in [0.2, 0.25) is 0 Å². The van der Waals surface area contributed by atoms with Crippen LogP contribution in [0.25, 0.3) is 11.2 Å². The summed E-state index contributed by atoms with van der Waals surface area (Å²) in [5, 5.41) is 0. The molecule has 0 fully saturated rings. The van der Waals surface area contributed by atoms with E-state index in [0.717, 1.165) is 0 Å². The third-order valence-corrected chi connectivity index (χ3v) is 2.34. The van der Waals surface area contributed by atoms with Crippen LogP contribution in [0.5, 0.6) is 0 Å². The molecule has 0 aliphatic carbocycles. The summed E-state index contributed by atoms with van der Waals surface area (Å²) >= 11 is 0. The van der Waals surface area contributed by atoms with E-state index >= 15 is 0 Å². The molecule has 0 unspecified atom stereocenters. The number of imidazole rings is 1. The summed E-state index contributed by atoms with van der Waals surface area (Å²) < 4.78 is 6.74. The first kappa shape index (κ1) is 12.0. The third-order valence-electron chi connectivity index (χ3n) is 2.34. The smallest absolute Gasteiger partial charge is 0.333 e. The highest BCUT2D eigenvalue weighted by molar-refractivity contribution is 5.86. The summed E-state index contributed by atoms with van der Waals surface area (Å²) in [6.07, 6.45) is 2.96. The standard InChI is InChI=1S/C11H13N5O2/c1-7(2)11(17)18-4-3-16-6-15-8-9(12)13-5-14-10(8)16/h5-6H,1,3-4H2,2H3,(H2,12,13,14). The van der Waals surface area contributed by atoms with Crippen molar-refractivity contribution < 1.29 is 9.53 Å². The summed E-state index contributed by atoms with van der Waals surface area (Å²) in [7, 11) is 0. The van der Waals surface area contributed by atoms with Crippen molar-refractivity contribution in [3.05, 3.63) is 24.8 Å². The van der Waals surface area contributed by atoms with Crippen molar-refractivity contribution in [2.45, 2.75) is 13.5 Å². The number of hydrogen-bond donors (Lipinski definition) is 1.